The van der Waals surface area contributed by atoms with E-state index in [1.807, 2.05) is 32.6 Å². The molecule has 2 atom stereocenters. The lowest BCUT2D eigenvalue weighted by atomic mass is 9.79. The second-order valence-electron chi connectivity index (χ2n) is 7.54. The topological polar surface area (TPSA) is 49.4 Å². The average molecular weight is 280 g/mol. The van der Waals surface area contributed by atoms with Crippen LogP contribution < -0.4 is 5.32 Å². The van der Waals surface area contributed by atoms with Gasteiger partial charge in [-0.25, -0.2) is 0 Å². The predicted molar refractivity (Wildman–Crippen MR) is 79.1 cm³/mol. The van der Waals surface area contributed by atoms with Crippen molar-refractivity contribution >= 4 is 11.8 Å². The van der Waals surface area contributed by atoms with E-state index in [-0.39, 0.29) is 17.2 Å². The van der Waals surface area contributed by atoms with Gasteiger partial charge in [-0.05, 0) is 37.5 Å². The maximum absolute atomic E-state index is 12.9. The summed E-state index contributed by atoms with van der Waals surface area (Å²) in [6.45, 7) is 10.8. The fraction of sp³-hybridized carbons (Fsp3) is 0.875. The monoisotopic (exact) mass is 280 g/mol. The first-order valence-electron chi connectivity index (χ1n) is 7.85. The molecule has 1 aliphatic carbocycles. The Kier molecular flexibility index (Phi) is 3.87. The Morgan fingerprint density at radius 1 is 1.30 bits per heavy atom. The zero-order valence-corrected chi connectivity index (χ0v) is 13.5. The van der Waals surface area contributed by atoms with Gasteiger partial charge in [0.25, 0.3) is 0 Å². The second-order valence-corrected chi connectivity index (χ2v) is 7.54. The average Bonchev–Trinajstić information content (AvgIpc) is 3.16. The van der Waals surface area contributed by atoms with Gasteiger partial charge in [-0.1, -0.05) is 34.1 Å². The SMILES string of the molecule is CCCCN1C(=O)C(C(C)(C)C)NC(=O)C1(C)C1CC1. The minimum absolute atomic E-state index is 0.0376. The molecule has 4 nitrogen and oxygen atoms in total. The van der Waals surface area contributed by atoms with E-state index in [4.69, 9.17) is 0 Å². The largest absolute Gasteiger partial charge is 0.342 e. The summed E-state index contributed by atoms with van der Waals surface area (Å²) in [7, 11) is 0. The van der Waals surface area contributed by atoms with E-state index in [9.17, 15) is 9.59 Å². The van der Waals surface area contributed by atoms with Crippen LogP contribution in [0.4, 0.5) is 0 Å². The lowest BCUT2D eigenvalue weighted by Crippen LogP contribution is -2.72. The number of piperazine rings is 1. The highest BCUT2D eigenvalue weighted by Gasteiger charge is 2.58. The van der Waals surface area contributed by atoms with E-state index in [0.29, 0.717) is 12.5 Å². The Balaban J connectivity index is 2.31. The molecule has 2 unspecified atom stereocenters. The van der Waals surface area contributed by atoms with Gasteiger partial charge in [-0.3, -0.25) is 9.59 Å². The van der Waals surface area contributed by atoms with Crippen LogP contribution in [0.5, 0.6) is 0 Å². The zero-order chi connectivity index (χ0) is 15.1. The van der Waals surface area contributed by atoms with Gasteiger partial charge in [-0.2, -0.15) is 0 Å². The number of amides is 2. The van der Waals surface area contributed by atoms with E-state index in [1.54, 1.807) is 0 Å². The third-order valence-electron chi connectivity index (χ3n) is 4.78. The van der Waals surface area contributed by atoms with E-state index in [0.717, 1.165) is 25.7 Å². The van der Waals surface area contributed by atoms with E-state index in [2.05, 4.69) is 12.2 Å². The summed E-state index contributed by atoms with van der Waals surface area (Å²) in [5.41, 5.74) is -0.879. The third-order valence-corrected chi connectivity index (χ3v) is 4.78. The highest BCUT2D eigenvalue weighted by atomic mass is 16.2. The molecule has 1 saturated heterocycles. The first kappa shape index (κ1) is 15.3. The Labute approximate surface area is 122 Å². The molecule has 0 radical (unpaired) electrons. The van der Waals surface area contributed by atoms with Gasteiger partial charge < -0.3 is 10.2 Å². The first-order chi connectivity index (χ1) is 9.22. The molecule has 2 amide bonds. The van der Waals surface area contributed by atoms with Crippen molar-refractivity contribution in [1.82, 2.24) is 10.2 Å². The summed E-state index contributed by atoms with van der Waals surface area (Å²) in [4.78, 5) is 27.4. The number of carbonyl (C=O) groups is 2. The van der Waals surface area contributed by atoms with Crippen LogP contribution in [-0.2, 0) is 9.59 Å². The van der Waals surface area contributed by atoms with Crippen molar-refractivity contribution in [3.8, 4) is 0 Å². The molecule has 20 heavy (non-hydrogen) atoms. The van der Waals surface area contributed by atoms with E-state index in [1.165, 1.54) is 0 Å². The van der Waals surface area contributed by atoms with Crippen LogP contribution in [0.1, 0.15) is 60.3 Å². The number of rotatable bonds is 4. The molecule has 2 aliphatic rings. The van der Waals surface area contributed by atoms with Gasteiger partial charge >= 0.3 is 0 Å². The maximum Gasteiger partial charge on any atom is 0.246 e. The van der Waals surface area contributed by atoms with Crippen molar-refractivity contribution in [3.05, 3.63) is 0 Å². The smallest absolute Gasteiger partial charge is 0.246 e. The molecule has 1 heterocycles. The minimum atomic E-state index is -0.631. The van der Waals surface area contributed by atoms with Crippen LogP contribution in [0, 0.1) is 11.3 Å². The third kappa shape index (κ3) is 2.45. The summed E-state index contributed by atoms with van der Waals surface area (Å²) < 4.78 is 0. The highest BCUT2D eigenvalue weighted by Crippen LogP contribution is 2.45. The molecule has 0 aromatic rings. The van der Waals surface area contributed by atoms with Crippen molar-refractivity contribution in [2.24, 2.45) is 11.3 Å². The molecule has 0 aromatic carbocycles. The van der Waals surface area contributed by atoms with Gasteiger partial charge in [-0.15, -0.1) is 0 Å². The van der Waals surface area contributed by atoms with Crippen LogP contribution in [-0.4, -0.2) is 34.8 Å². The molecule has 2 rings (SSSR count). The van der Waals surface area contributed by atoms with Gasteiger partial charge in [0.1, 0.15) is 11.6 Å². The molecule has 0 bridgehead atoms. The molecule has 1 saturated carbocycles. The summed E-state index contributed by atoms with van der Waals surface area (Å²) in [6, 6.07) is -0.404. The van der Waals surface area contributed by atoms with Crippen molar-refractivity contribution < 1.29 is 9.59 Å². The zero-order valence-electron chi connectivity index (χ0n) is 13.5. The van der Waals surface area contributed by atoms with Crippen molar-refractivity contribution in [1.29, 1.82) is 0 Å². The summed E-state index contributed by atoms with van der Waals surface area (Å²) in [5.74, 6) is 0.472. The molecule has 114 valence electrons. The van der Waals surface area contributed by atoms with E-state index < -0.39 is 11.6 Å². The van der Waals surface area contributed by atoms with E-state index >= 15 is 0 Å². The lowest BCUT2D eigenvalue weighted by Gasteiger charge is -2.49. The molecule has 0 aromatic heterocycles. The number of nitrogens with one attached hydrogen (secondary N) is 1. The van der Waals surface area contributed by atoms with Crippen molar-refractivity contribution in [3.63, 3.8) is 0 Å². The maximum atomic E-state index is 12.9. The molecule has 0 spiro atoms. The lowest BCUT2D eigenvalue weighted by molar-refractivity contribution is -0.161. The van der Waals surface area contributed by atoms with Crippen LogP contribution in [0.2, 0.25) is 0 Å². The number of hydrogen-bond donors (Lipinski definition) is 1. The summed E-state index contributed by atoms with van der Waals surface area (Å²) in [6.07, 6.45) is 4.10. The normalized spacial score (nSPS) is 31.4. The van der Waals surface area contributed by atoms with Crippen molar-refractivity contribution in [2.45, 2.75) is 71.9 Å². The number of nitrogens with zero attached hydrogens (tertiary/aromatic N) is 1. The fourth-order valence-corrected chi connectivity index (χ4v) is 3.14. The molecule has 2 fully saturated rings. The van der Waals surface area contributed by atoms with Crippen LogP contribution in [0.25, 0.3) is 0 Å². The fourth-order valence-electron chi connectivity index (χ4n) is 3.14. The molecular formula is C16H28N2O2. The summed E-state index contributed by atoms with van der Waals surface area (Å²) in [5, 5.41) is 2.99. The number of hydrogen-bond acceptors (Lipinski definition) is 2. The molecule has 4 heteroatoms. The van der Waals surface area contributed by atoms with Gasteiger partial charge in [0.2, 0.25) is 11.8 Å². The molecule has 1 N–H and O–H groups in total. The second kappa shape index (κ2) is 5.05. The van der Waals surface area contributed by atoms with Crippen LogP contribution in [0.3, 0.4) is 0 Å². The van der Waals surface area contributed by atoms with Gasteiger partial charge in [0, 0.05) is 6.54 Å². The highest BCUT2D eigenvalue weighted by molar-refractivity contribution is 6.00. The standard InChI is InChI=1S/C16H28N2O2/c1-6-7-10-18-13(19)12(15(2,3)4)17-14(20)16(18,5)11-8-9-11/h11-12H,6-10H2,1-5H3,(H,17,20). The quantitative estimate of drug-likeness (QED) is 0.859. The van der Waals surface area contributed by atoms with Gasteiger partial charge in [0.15, 0.2) is 0 Å². The number of carbonyl (C=O) groups excluding carboxylic acids is 2. The summed E-state index contributed by atoms with van der Waals surface area (Å²) >= 11 is 0. The van der Waals surface area contributed by atoms with Gasteiger partial charge in [0.05, 0.1) is 0 Å². The molecule has 1 aliphatic heterocycles. The predicted octanol–water partition coefficient (Wildman–Crippen LogP) is 2.33. The molecular weight excluding hydrogens is 252 g/mol. The van der Waals surface area contributed by atoms with Crippen molar-refractivity contribution in [2.75, 3.05) is 6.54 Å². The Morgan fingerprint density at radius 2 is 1.90 bits per heavy atom. The van der Waals surface area contributed by atoms with Crippen LogP contribution >= 0.6 is 0 Å². The van der Waals surface area contributed by atoms with Crippen LogP contribution in [0.15, 0.2) is 0 Å². The number of unbranched alkanes of at least 4 members (excludes halogenated alkanes) is 1. The first-order valence-corrected chi connectivity index (χ1v) is 7.85. The Bertz CT molecular complexity index is 409. The minimum Gasteiger partial charge on any atom is -0.342 e. The Morgan fingerprint density at radius 3 is 2.35 bits per heavy atom. The Hall–Kier alpha value is -1.06.